The molecule has 2 amide bonds. The van der Waals surface area contributed by atoms with E-state index in [0.29, 0.717) is 0 Å². The molecule has 3 N–H and O–H groups in total. The van der Waals surface area contributed by atoms with Crippen LogP contribution in [-0.4, -0.2) is 22.6 Å². The second-order valence-electron chi connectivity index (χ2n) is 4.75. The number of anilines is 1. The molecule has 5 nitrogen and oxygen atoms in total. The predicted octanol–water partition coefficient (Wildman–Crippen LogP) is 3.47. The van der Waals surface area contributed by atoms with E-state index in [9.17, 15) is 27.9 Å². The lowest BCUT2D eigenvalue weighted by Crippen LogP contribution is -2.54. The summed E-state index contributed by atoms with van der Waals surface area (Å²) >= 11 is 0. The minimum Gasteiger partial charge on any atom is -0.480 e. The fraction of sp³-hybridized carbons (Fsp3) is 0.429. The molecule has 22 heavy (non-hydrogen) atoms. The van der Waals surface area contributed by atoms with E-state index in [2.05, 4.69) is 10.6 Å². The number of alkyl halides is 3. The third-order valence-electron chi connectivity index (χ3n) is 3.44. The first kappa shape index (κ1) is 17.8. The number of halogens is 3. The Labute approximate surface area is 125 Å². The molecule has 1 aromatic rings. The summed E-state index contributed by atoms with van der Waals surface area (Å²) in [5, 5.41) is 13.9. The van der Waals surface area contributed by atoms with Gasteiger partial charge in [-0.3, -0.25) is 0 Å². The van der Waals surface area contributed by atoms with Gasteiger partial charge in [0, 0.05) is 5.69 Å². The number of rotatable bonds is 5. The molecule has 0 unspecified atom stereocenters. The van der Waals surface area contributed by atoms with E-state index in [1.54, 1.807) is 13.8 Å². The minimum absolute atomic E-state index is 0.136. The van der Waals surface area contributed by atoms with E-state index >= 15 is 0 Å². The molecule has 0 aliphatic heterocycles. The van der Waals surface area contributed by atoms with E-state index in [-0.39, 0.29) is 18.5 Å². The van der Waals surface area contributed by atoms with Crippen LogP contribution in [0.3, 0.4) is 0 Å². The molecular formula is C14H17F3N2O3. The van der Waals surface area contributed by atoms with Crippen molar-refractivity contribution in [3.8, 4) is 0 Å². The van der Waals surface area contributed by atoms with Gasteiger partial charge in [0.2, 0.25) is 0 Å². The molecule has 1 aromatic carbocycles. The molecule has 0 heterocycles. The fourth-order valence-corrected chi connectivity index (χ4v) is 1.90. The Balaban J connectivity index is 2.79. The highest BCUT2D eigenvalue weighted by atomic mass is 19.4. The number of hydrogen-bond acceptors (Lipinski definition) is 2. The zero-order chi connectivity index (χ0) is 17.0. The zero-order valence-corrected chi connectivity index (χ0v) is 12.1. The number of hydrogen-bond donors (Lipinski definition) is 3. The van der Waals surface area contributed by atoms with E-state index in [1.807, 2.05) is 0 Å². The van der Waals surface area contributed by atoms with Crippen LogP contribution >= 0.6 is 0 Å². The lowest BCUT2D eigenvalue weighted by molar-refractivity contribution is -0.144. The Morgan fingerprint density at radius 2 is 1.59 bits per heavy atom. The normalized spacial score (nSPS) is 11.9. The molecule has 0 bridgehead atoms. The van der Waals surface area contributed by atoms with Crippen LogP contribution in [0.25, 0.3) is 0 Å². The molecule has 0 aliphatic carbocycles. The van der Waals surface area contributed by atoms with Crippen molar-refractivity contribution >= 4 is 17.7 Å². The zero-order valence-electron chi connectivity index (χ0n) is 12.1. The van der Waals surface area contributed by atoms with Crippen molar-refractivity contribution in [3.05, 3.63) is 29.8 Å². The number of carboxylic acids is 1. The van der Waals surface area contributed by atoms with Crippen molar-refractivity contribution < 1.29 is 27.9 Å². The lowest BCUT2D eigenvalue weighted by atomic mass is 9.93. The van der Waals surface area contributed by atoms with E-state index in [1.165, 1.54) is 0 Å². The van der Waals surface area contributed by atoms with Crippen molar-refractivity contribution in [1.29, 1.82) is 0 Å². The van der Waals surface area contributed by atoms with Gasteiger partial charge in [-0.25, -0.2) is 9.59 Å². The smallest absolute Gasteiger partial charge is 0.416 e. The fourth-order valence-electron chi connectivity index (χ4n) is 1.90. The molecule has 1 rings (SSSR count). The molecule has 0 saturated carbocycles. The second kappa shape index (κ2) is 6.67. The highest BCUT2D eigenvalue weighted by Crippen LogP contribution is 2.29. The number of carbonyl (C=O) groups is 2. The topological polar surface area (TPSA) is 78.4 Å². The van der Waals surface area contributed by atoms with Gasteiger partial charge in [0.15, 0.2) is 0 Å². The average Bonchev–Trinajstić information content (AvgIpc) is 2.44. The summed E-state index contributed by atoms with van der Waals surface area (Å²) in [6.07, 6.45) is -4.10. The summed E-state index contributed by atoms with van der Waals surface area (Å²) in [5.74, 6) is -1.17. The molecule has 0 radical (unpaired) electrons. The summed E-state index contributed by atoms with van der Waals surface area (Å²) in [6.45, 7) is 3.24. The highest BCUT2D eigenvalue weighted by Gasteiger charge is 2.36. The van der Waals surface area contributed by atoms with Crippen LogP contribution in [0.5, 0.6) is 0 Å². The summed E-state index contributed by atoms with van der Waals surface area (Å²) in [5.41, 5.74) is -2.10. The Morgan fingerprint density at radius 3 is 1.95 bits per heavy atom. The van der Waals surface area contributed by atoms with Gasteiger partial charge in [0.1, 0.15) is 5.54 Å². The van der Waals surface area contributed by atoms with Crippen LogP contribution in [0.1, 0.15) is 32.3 Å². The van der Waals surface area contributed by atoms with Crippen LogP contribution in [0.2, 0.25) is 0 Å². The summed E-state index contributed by atoms with van der Waals surface area (Å²) in [4.78, 5) is 23.1. The summed E-state index contributed by atoms with van der Waals surface area (Å²) < 4.78 is 37.3. The Morgan fingerprint density at radius 1 is 1.09 bits per heavy atom. The number of amides is 2. The number of aliphatic carboxylic acids is 1. The van der Waals surface area contributed by atoms with Gasteiger partial charge in [-0.1, -0.05) is 13.8 Å². The maximum absolute atomic E-state index is 12.4. The van der Waals surface area contributed by atoms with Gasteiger partial charge in [0.05, 0.1) is 5.56 Å². The van der Waals surface area contributed by atoms with Crippen LogP contribution in [0.15, 0.2) is 24.3 Å². The molecule has 0 fully saturated rings. The quantitative estimate of drug-likeness (QED) is 0.778. The van der Waals surface area contributed by atoms with Crippen LogP contribution in [0, 0.1) is 0 Å². The third kappa shape index (κ3) is 4.12. The van der Waals surface area contributed by atoms with Crippen molar-refractivity contribution in [2.75, 3.05) is 5.32 Å². The highest BCUT2D eigenvalue weighted by molar-refractivity contribution is 5.93. The van der Waals surface area contributed by atoms with Gasteiger partial charge in [0.25, 0.3) is 0 Å². The number of nitrogens with one attached hydrogen (secondary N) is 2. The number of carbonyl (C=O) groups excluding carboxylic acids is 1. The number of urea groups is 1. The molecule has 8 heteroatoms. The molecule has 0 atom stereocenters. The van der Waals surface area contributed by atoms with Crippen molar-refractivity contribution in [2.45, 2.75) is 38.4 Å². The lowest BCUT2D eigenvalue weighted by Gasteiger charge is -2.28. The Bertz CT molecular complexity index is 537. The molecule has 122 valence electrons. The van der Waals surface area contributed by atoms with E-state index < -0.39 is 29.3 Å². The SMILES string of the molecule is CCC(CC)(NC(=O)Nc1ccc(C(F)(F)F)cc1)C(=O)O. The van der Waals surface area contributed by atoms with Crippen LogP contribution in [-0.2, 0) is 11.0 Å². The van der Waals surface area contributed by atoms with Crippen LogP contribution < -0.4 is 10.6 Å². The van der Waals surface area contributed by atoms with Crippen molar-refractivity contribution in [2.24, 2.45) is 0 Å². The maximum atomic E-state index is 12.4. The minimum atomic E-state index is -4.45. The maximum Gasteiger partial charge on any atom is 0.416 e. The molecular weight excluding hydrogens is 301 g/mol. The van der Waals surface area contributed by atoms with E-state index in [0.717, 1.165) is 24.3 Å². The average molecular weight is 318 g/mol. The Kier molecular flexibility index (Phi) is 5.40. The van der Waals surface area contributed by atoms with E-state index in [4.69, 9.17) is 0 Å². The Hall–Kier alpha value is -2.25. The molecule has 0 aromatic heterocycles. The first-order valence-electron chi connectivity index (χ1n) is 6.64. The van der Waals surface area contributed by atoms with Gasteiger partial charge in [-0.05, 0) is 37.1 Å². The summed E-state index contributed by atoms with van der Waals surface area (Å²) in [7, 11) is 0. The third-order valence-corrected chi connectivity index (χ3v) is 3.44. The molecule has 0 saturated heterocycles. The standard InChI is InChI=1S/C14H17F3N2O3/c1-3-13(4-2,11(20)21)19-12(22)18-10-7-5-9(6-8-10)14(15,16)17/h5-8H,3-4H2,1-2H3,(H,20,21)(H2,18,19,22). The van der Waals surface area contributed by atoms with Crippen molar-refractivity contribution in [1.82, 2.24) is 5.32 Å². The largest absolute Gasteiger partial charge is 0.480 e. The molecule has 0 aliphatic rings. The van der Waals surface area contributed by atoms with Gasteiger partial charge in [-0.2, -0.15) is 13.2 Å². The molecule has 0 spiro atoms. The van der Waals surface area contributed by atoms with Crippen molar-refractivity contribution in [3.63, 3.8) is 0 Å². The second-order valence-corrected chi connectivity index (χ2v) is 4.75. The summed E-state index contributed by atoms with van der Waals surface area (Å²) in [6, 6.07) is 3.08. The van der Waals surface area contributed by atoms with Crippen LogP contribution in [0.4, 0.5) is 23.7 Å². The number of benzene rings is 1. The van der Waals surface area contributed by atoms with Gasteiger partial charge in [-0.15, -0.1) is 0 Å². The predicted molar refractivity (Wildman–Crippen MR) is 74.5 cm³/mol. The van der Waals surface area contributed by atoms with Gasteiger partial charge < -0.3 is 15.7 Å². The van der Waals surface area contributed by atoms with Gasteiger partial charge >= 0.3 is 18.2 Å². The monoisotopic (exact) mass is 318 g/mol. The first-order chi connectivity index (χ1) is 10.1. The number of carboxylic acid groups (broad SMARTS) is 1. The first-order valence-corrected chi connectivity index (χ1v) is 6.64.